The quantitative estimate of drug-likeness (QED) is 0.101. The molecule has 0 saturated heterocycles. The minimum Gasteiger partial charge on any atom is -0.342 e. The van der Waals surface area contributed by atoms with Gasteiger partial charge in [-0.05, 0) is 44.7 Å². The fourth-order valence-electron chi connectivity index (χ4n) is 5.20. The number of hydrogen-bond acceptors (Lipinski definition) is 4. The molecule has 1 aromatic carbocycles. The third kappa shape index (κ3) is 12.2. The first-order valence-electron chi connectivity index (χ1n) is 15.4. The number of H-pyrrole nitrogens is 1. The minimum absolute atomic E-state index is 0.0127. The standard InChI is InChI=1S/C31H55N3O3S/c1-4-6-7-8-9-10-11-12-13-14-15-16-17-18-19-20-21-26-28(38(35,36)37)23-22-27-30(26)34-29(33-27)24-25-31(3,32)5-2/h22-23H,4-21,24-25,32H2,1-3H3,(H,33,34)(H,35,36,37). The number of imidazole rings is 1. The Morgan fingerprint density at radius 2 is 1.32 bits per heavy atom. The third-order valence-corrected chi connectivity index (χ3v) is 9.00. The van der Waals surface area contributed by atoms with Crippen molar-refractivity contribution in [1.82, 2.24) is 9.97 Å². The topological polar surface area (TPSA) is 109 Å². The molecular formula is C31H55N3O3S. The van der Waals surface area contributed by atoms with Crippen LogP contribution in [-0.2, 0) is 23.0 Å². The number of aromatic nitrogens is 2. The molecule has 1 atom stereocenters. The normalized spacial score (nSPS) is 13.8. The van der Waals surface area contributed by atoms with Gasteiger partial charge in [-0.2, -0.15) is 8.42 Å². The van der Waals surface area contributed by atoms with Gasteiger partial charge in [-0.25, -0.2) is 4.98 Å². The fraction of sp³-hybridized carbons (Fsp3) is 0.774. The summed E-state index contributed by atoms with van der Waals surface area (Å²) in [6.45, 7) is 6.38. The van der Waals surface area contributed by atoms with Crippen LogP contribution < -0.4 is 5.73 Å². The molecule has 1 aromatic heterocycles. The second-order valence-electron chi connectivity index (χ2n) is 11.7. The summed E-state index contributed by atoms with van der Waals surface area (Å²) in [6.07, 6.45) is 23.8. The minimum atomic E-state index is -4.30. The van der Waals surface area contributed by atoms with E-state index in [9.17, 15) is 13.0 Å². The summed E-state index contributed by atoms with van der Waals surface area (Å²) in [7, 11) is -4.30. The SMILES string of the molecule is CCCCCCCCCCCCCCCCCCc1c(S(=O)(=O)O)ccc2[nH]c(CCC(C)(N)CC)nc12. The Bertz CT molecular complexity index is 1030. The second kappa shape index (κ2) is 17.3. The summed E-state index contributed by atoms with van der Waals surface area (Å²) >= 11 is 0. The number of nitrogens with one attached hydrogen (secondary N) is 1. The van der Waals surface area contributed by atoms with Crippen LogP contribution >= 0.6 is 0 Å². The summed E-state index contributed by atoms with van der Waals surface area (Å²) in [5, 5.41) is 0. The number of unbranched alkanes of at least 4 members (excludes halogenated alkanes) is 15. The van der Waals surface area contributed by atoms with Crippen LogP contribution in [0.5, 0.6) is 0 Å². The van der Waals surface area contributed by atoms with Crippen molar-refractivity contribution in [1.29, 1.82) is 0 Å². The molecule has 0 amide bonds. The van der Waals surface area contributed by atoms with Gasteiger partial charge >= 0.3 is 0 Å². The first kappa shape index (κ1) is 32.8. The summed E-state index contributed by atoms with van der Waals surface area (Å²) in [4.78, 5) is 8.04. The maximum absolute atomic E-state index is 12.1. The van der Waals surface area contributed by atoms with Crippen LogP contribution in [0.3, 0.4) is 0 Å². The molecule has 0 spiro atoms. The lowest BCUT2D eigenvalue weighted by molar-refractivity contribution is 0.415. The molecule has 0 fully saturated rings. The first-order valence-corrected chi connectivity index (χ1v) is 16.9. The molecule has 218 valence electrons. The van der Waals surface area contributed by atoms with Gasteiger partial charge < -0.3 is 10.7 Å². The predicted molar refractivity (Wildman–Crippen MR) is 160 cm³/mol. The lowest BCUT2D eigenvalue weighted by atomic mass is 9.94. The summed E-state index contributed by atoms with van der Waals surface area (Å²) in [6, 6.07) is 3.20. The van der Waals surface area contributed by atoms with Gasteiger partial charge in [0.2, 0.25) is 0 Å². The molecule has 0 saturated carbocycles. The molecule has 1 heterocycles. The van der Waals surface area contributed by atoms with Crippen molar-refractivity contribution in [2.45, 2.75) is 160 Å². The highest BCUT2D eigenvalue weighted by atomic mass is 32.2. The predicted octanol–water partition coefficient (Wildman–Crippen LogP) is 8.67. The van der Waals surface area contributed by atoms with Crippen molar-refractivity contribution in [2.24, 2.45) is 5.73 Å². The number of rotatable bonds is 22. The highest BCUT2D eigenvalue weighted by molar-refractivity contribution is 7.85. The van der Waals surface area contributed by atoms with Gasteiger partial charge in [-0.1, -0.05) is 110 Å². The number of aryl methyl sites for hydroxylation is 2. The van der Waals surface area contributed by atoms with Gasteiger partial charge in [0.25, 0.3) is 10.1 Å². The fourth-order valence-corrected chi connectivity index (χ4v) is 5.95. The first-order chi connectivity index (χ1) is 18.2. The van der Waals surface area contributed by atoms with E-state index in [4.69, 9.17) is 10.7 Å². The molecule has 6 nitrogen and oxygen atoms in total. The Kier molecular flexibility index (Phi) is 14.9. The number of benzene rings is 1. The number of nitrogens with zero attached hydrogens (tertiary/aromatic N) is 1. The van der Waals surface area contributed by atoms with E-state index < -0.39 is 10.1 Å². The second-order valence-corrected chi connectivity index (χ2v) is 13.0. The van der Waals surface area contributed by atoms with Crippen molar-refractivity contribution in [3.8, 4) is 0 Å². The zero-order valence-electron chi connectivity index (χ0n) is 24.5. The summed E-state index contributed by atoms with van der Waals surface area (Å²) < 4.78 is 34.0. The van der Waals surface area contributed by atoms with Gasteiger partial charge in [0, 0.05) is 17.5 Å². The average molecular weight is 550 g/mol. The van der Waals surface area contributed by atoms with Crippen molar-refractivity contribution in [2.75, 3.05) is 0 Å². The van der Waals surface area contributed by atoms with E-state index in [0.717, 1.165) is 43.4 Å². The zero-order chi connectivity index (χ0) is 27.9. The Morgan fingerprint density at radius 3 is 1.79 bits per heavy atom. The molecule has 2 rings (SSSR count). The molecule has 0 bridgehead atoms. The van der Waals surface area contributed by atoms with Gasteiger partial charge in [-0.15, -0.1) is 0 Å². The third-order valence-electron chi connectivity index (χ3n) is 8.06. The monoisotopic (exact) mass is 549 g/mol. The van der Waals surface area contributed by atoms with E-state index >= 15 is 0 Å². The smallest absolute Gasteiger partial charge is 0.294 e. The van der Waals surface area contributed by atoms with Gasteiger partial charge in [-0.3, -0.25) is 4.55 Å². The lowest BCUT2D eigenvalue weighted by Crippen LogP contribution is -2.35. The molecule has 1 unspecified atom stereocenters. The van der Waals surface area contributed by atoms with Gasteiger partial charge in [0.05, 0.1) is 15.9 Å². The van der Waals surface area contributed by atoms with Crippen LogP contribution in [0.2, 0.25) is 0 Å². The lowest BCUT2D eigenvalue weighted by Gasteiger charge is -2.21. The van der Waals surface area contributed by atoms with Crippen LogP contribution in [0.4, 0.5) is 0 Å². The molecule has 0 radical (unpaired) electrons. The van der Waals surface area contributed by atoms with Gasteiger partial charge in [0.15, 0.2) is 0 Å². The van der Waals surface area contributed by atoms with Crippen molar-refractivity contribution in [3.63, 3.8) is 0 Å². The molecule has 0 aliphatic rings. The van der Waals surface area contributed by atoms with Crippen molar-refractivity contribution < 1.29 is 13.0 Å². The molecule has 0 aliphatic heterocycles. The van der Waals surface area contributed by atoms with Crippen LogP contribution in [0.1, 0.15) is 148 Å². The van der Waals surface area contributed by atoms with Crippen LogP contribution in [0.15, 0.2) is 17.0 Å². The molecule has 38 heavy (non-hydrogen) atoms. The maximum Gasteiger partial charge on any atom is 0.294 e. The Morgan fingerprint density at radius 1 is 0.816 bits per heavy atom. The Hall–Kier alpha value is -1.44. The molecule has 4 N–H and O–H groups in total. The molecule has 7 heteroatoms. The Labute approximate surface area is 232 Å². The van der Waals surface area contributed by atoms with E-state index in [1.807, 2.05) is 6.92 Å². The van der Waals surface area contributed by atoms with E-state index in [0.29, 0.717) is 23.9 Å². The average Bonchev–Trinajstić information content (AvgIpc) is 3.30. The summed E-state index contributed by atoms with van der Waals surface area (Å²) in [5.74, 6) is 0.811. The molecular weight excluding hydrogens is 494 g/mol. The van der Waals surface area contributed by atoms with E-state index in [-0.39, 0.29) is 10.4 Å². The van der Waals surface area contributed by atoms with Crippen LogP contribution in [0, 0.1) is 0 Å². The number of fused-ring (bicyclic) bond motifs is 1. The number of aromatic amines is 1. The molecule has 0 aliphatic carbocycles. The zero-order valence-corrected chi connectivity index (χ0v) is 25.3. The highest BCUT2D eigenvalue weighted by Crippen LogP contribution is 2.27. The van der Waals surface area contributed by atoms with Crippen LogP contribution in [0.25, 0.3) is 11.0 Å². The van der Waals surface area contributed by atoms with Gasteiger partial charge in [0.1, 0.15) is 5.82 Å². The number of hydrogen-bond donors (Lipinski definition) is 3. The molecule has 2 aromatic rings. The van der Waals surface area contributed by atoms with E-state index in [2.05, 4.69) is 18.8 Å². The van der Waals surface area contributed by atoms with E-state index in [1.165, 1.54) is 89.5 Å². The summed E-state index contributed by atoms with van der Waals surface area (Å²) in [5.41, 5.74) is 8.14. The highest BCUT2D eigenvalue weighted by Gasteiger charge is 2.21. The van der Waals surface area contributed by atoms with Crippen molar-refractivity contribution >= 4 is 21.2 Å². The maximum atomic E-state index is 12.1. The number of nitrogens with two attached hydrogens (primary N) is 1. The van der Waals surface area contributed by atoms with Crippen molar-refractivity contribution in [3.05, 3.63) is 23.5 Å². The Balaban J connectivity index is 1.72. The largest absolute Gasteiger partial charge is 0.342 e. The van der Waals surface area contributed by atoms with Crippen LogP contribution in [-0.4, -0.2) is 28.5 Å². The van der Waals surface area contributed by atoms with E-state index in [1.54, 1.807) is 6.07 Å².